The second kappa shape index (κ2) is 4.90. The lowest BCUT2D eigenvalue weighted by atomic mass is 10.1. The Morgan fingerprint density at radius 1 is 1.31 bits per heavy atom. The Bertz CT molecular complexity index is 465. The highest BCUT2D eigenvalue weighted by atomic mass is 16.3. The number of benzene rings is 1. The van der Waals surface area contributed by atoms with Gasteiger partial charge in [-0.25, -0.2) is 4.68 Å². The lowest BCUT2D eigenvalue weighted by molar-refractivity contribution is 0.298. The quantitative estimate of drug-likeness (QED) is 0.836. The first kappa shape index (κ1) is 10.8. The van der Waals surface area contributed by atoms with Gasteiger partial charge in [0.2, 0.25) is 0 Å². The Morgan fingerprint density at radius 2 is 2.12 bits per heavy atom. The van der Waals surface area contributed by atoms with Crippen molar-refractivity contribution in [2.75, 3.05) is 6.61 Å². The molecule has 2 aromatic rings. The van der Waals surface area contributed by atoms with E-state index in [1.54, 1.807) is 4.68 Å². The minimum atomic E-state index is 0.114. The minimum absolute atomic E-state index is 0.114. The topological polar surface area (TPSA) is 50.9 Å². The van der Waals surface area contributed by atoms with Crippen molar-refractivity contribution in [2.24, 2.45) is 0 Å². The van der Waals surface area contributed by atoms with Crippen LogP contribution in [0.1, 0.15) is 16.8 Å². The Kier molecular flexibility index (Phi) is 3.31. The van der Waals surface area contributed by atoms with E-state index in [-0.39, 0.29) is 6.61 Å². The second-order valence-corrected chi connectivity index (χ2v) is 3.81. The first-order valence-corrected chi connectivity index (χ1v) is 5.34. The van der Waals surface area contributed by atoms with Gasteiger partial charge >= 0.3 is 0 Å². The number of aromatic nitrogens is 3. The molecular weight excluding hydrogens is 202 g/mol. The van der Waals surface area contributed by atoms with E-state index in [1.165, 1.54) is 11.1 Å². The average Bonchev–Trinajstić information content (AvgIpc) is 2.70. The number of hydrogen-bond acceptors (Lipinski definition) is 3. The van der Waals surface area contributed by atoms with Crippen molar-refractivity contribution in [3.05, 3.63) is 47.3 Å². The van der Waals surface area contributed by atoms with E-state index in [4.69, 9.17) is 5.11 Å². The molecule has 0 fully saturated rings. The second-order valence-electron chi connectivity index (χ2n) is 3.81. The molecule has 1 N–H and O–H groups in total. The van der Waals surface area contributed by atoms with Crippen LogP contribution in [-0.4, -0.2) is 26.7 Å². The molecule has 1 heterocycles. The standard InChI is InChI=1S/C12H15N3O/c1-10-4-2-3-5-11(10)8-15-9-12(6-7-16)13-14-15/h2-5,9,16H,6-8H2,1H3. The molecule has 2 rings (SSSR count). The molecule has 0 spiro atoms. The summed E-state index contributed by atoms with van der Waals surface area (Å²) in [5.41, 5.74) is 3.32. The molecule has 16 heavy (non-hydrogen) atoms. The van der Waals surface area contributed by atoms with E-state index in [9.17, 15) is 0 Å². The maximum atomic E-state index is 8.79. The maximum Gasteiger partial charge on any atom is 0.0850 e. The van der Waals surface area contributed by atoms with Crippen LogP contribution in [0.5, 0.6) is 0 Å². The van der Waals surface area contributed by atoms with Crippen LogP contribution in [0.25, 0.3) is 0 Å². The van der Waals surface area contributed by atoms with Gasteiger partial charge in [0.1, 0.15) is 0 Å². The SMILES string of the molecule is Cc1ccccc1Cn1cc(CCO)nn1. The lowest BCUT2D eigenvalue weighted by Gasteiger charge is -2.04. The van der Waals surface area contributed by atoms with Crippen LogP contribution >= 0.6 is 0 Å². The highest BCUT2D eigenvalue weighted by Gasteiger charge is 2.02. The molecule has 0 radical (unpaired) electrons. The van der Waals surface area contributed by atoms with Crippen LogP contribution in [0.3, 0.4) is 0 Å². The predicted octanol–water partition coefficient (Wildman–Crippen LogP) is 1.17. The van der Waals surface area contributed by atoms with Gasteiger partial charge < -0.3 is 5.11 Å². The van der Waals surface area contributed by atoms with Crippen molar-refractivity contribution in [3.63, 3.8) is 0 Å². The molecule has 0 unspecified atom stereocenters. The summed E-state index contributed by atoms with van der Waals surface area (Å²) in [5.74, 6) is 0. The lowest BCUT2D eigenvalue weighted by Crippen LogP contribution is -2.01. The largest absolute Gasteiger partial charge is 0.396 e. The summed E-state index contributed by atoms with van der Waals surface area (Å²) in [4.78, 5) is 0. The van der Waals surface area contributed by atoms with Crippen molar-refractivity contribution >= 4 is 0 Å². The Hall–Kier alpha value is -1.68. The molecule has 0 aliphatic carbocycles. The molecule has 0 bridgehead atoms. The average molecular weight is 217 g/mol. The van der Waals surface area contributed by atoms with Gasteiger partial charge in [0.05, 0.1) is 12.2 Å². The number of aliphatic hydroxyl groups is 1. The van der Waals surface area contributed by atoms with Crippen molar-refractivity contribution in [1.82, 2.24) is 15.0 Å². The maximum absolute atomic E-state index is 8.79. The fourth-order valence-electron chi connectivity index (χ4n) is 1.61. The Balaban J connectivity index is 2.11. The number of aliphatic hydroxyl groups excluding tert-OH is 1. The summed E-state index contributed by atoms with van der Waals surface area (Å²) in [6, 6.07) is 8.22. The van der Waals surface area contributed by atoms with Gasteiger partial charge in [0, 0.05) is 19.2 Å². The molecule has 84 valence electrons. The van der Waals surface area contributed by atoms with Gasteiger partial charge in [0.25, 0.3) is 0 Å². The smallest absolute Gasteiger partial charge is 0.0850 e. The van der Waals surface area contributed by atoms with Crippen molar-refractivity contribution in [1.29, 1.82) is 0 Å². The van der Waals surface area contributed by atoms with Crippen LogP contribution in [0.2, 0.25) is 0 Å². The molecule has 1 aromatic heterocycles. The highest BCUT2D eigenvalue weighted by Crippen LogP contribution is 2.08. The summed E-state index contributed by atoms with van der Waals surface area (Å²) in [6.07, 6.45) is 2.44. The van der Waals surface area contributed by atoms with Gasteiger partial charge in [-0.2, -0.15) is 0 Å². The predicted molar refractivity (Wildman–Crippen MR) is 61.1 cm³/mol. The molecule has 0 aliphatic heterocycles. The zero-order valence-electron chi connectivity index (χ0n) is 9.30. The number of aryl methyl sites for hydroxylation is 1. The third-order valence-electron chi connectivity index (χ3n) is 2.55. The zero-order valence-corrected chi connectivity index (χ0v) is 9.30. The van der Waals surface area contributed by atoms with Gasteiger partial charge in [-0.15, -0.1) is 5.10 Å². The summed E-state index contributed by atoms with van der Waals surface area (Å²) >= 11 is 0. The van der Waals surface area contributed by atoms with Gasteiger partial charge in [-0.3, -0.25) is 0 Å². The van der Waals surface area contributed by atoms with Crippen molar-refractivity contribution in [2.45, 2.75) is 19.9 Å². The summed E-state index contributed by atoms with van der Waals surface area (Å²) in [5, 5.41) is 16.8. The van der Waals surface area contributed by atoms with Gasteiger partial charge in [-0.1, -0.05) is 29.5 Å². The van der Waals surface area contributed by atoms with Crippen LogP contribution in [0, 0.1) is 6.92 Å². The molecule has 4 nitrogen and oxygen atoms in total. The molecule has 0 atom stereocenters. The third kappa shape index (κ3) is 2.46. The summed E-state index contributed by atoms with van der Waals surface area (Å²) in [6.45, 7) is 2.93. The molecule has 0 aliphatic rings. The summed E-state index contributed by atoms with van der Waals surface area (Å²) in [7, 11) is 0. The van der Waals surface area contributed by atoms with E-state index in [0.29, 0.717) is 6.42 Å². The van der Waals surface area contributed by atoms with E-state index < -0.39 is 0 Å². The number of rotatable bonds is 4. The van der Waals surface area contributed by atoms with E-state index in [2.05, 4.69) is 29.4 Å². The van der Waals surface area contributed by atoms with E-state index in [1.807, 2.05) is 18.3 Å². The molecule has 0 amide bonds. The van der Waals surface area contributed by atoms with Crippen molar-refractivity contribution in [3.8, 4) is 0 Å². The highest BCUT2D eigenvalue weighted by molar-refractivity contribution is 5.25. The fraction of sp³-hybridized carbons (Fsp3) is 0.333. The van der Waals surface area contributed by atoms with Gasteiger partial charge in [-0.05, 0) is 18.1 Å². The van der Waals surface area contributed by atoms with Crippen LogP contribution < -0.4 is 0 Å². The van der Waals surface area contributed by atoms with Crippen molar-refractivity contribution < 1.29 is 5.11 Å². The normalized spacial score (nSPS) is 10.6. The molecule has 1 aromatic carbocycles. The fourth-order valence-corrected chi connectivity index (χ4v) is 1.61. The first-order valence-electron chi connectivity index (χ1n) is 5.34. The summed E-state index contributed by atoms with van der Waals surface area (Å²) < 4.78 is 1.80. The van der Waals surface area contributed by atoms with E-state index >= 15 is 0 Å². The van der Waals surface area contributed by atoms with E-state index in [0.717, 1.165) is 12.2 Å². The first-order chi connectivity index (χ1) is 7.79. The Morgan fingerprint density at radius 3 is 2.88 bits per heavy atom. The molecular formula is C12H15N3O. The van der Waals surface area contributed by atoms with Crippen LogP contribution in [0.4, 0.5) is 0 Å². The number of hydrogen-bond donors (Lipinski definition) is 1. The molecule has 0 saturated heterocycles. The Labute approximate surface area is 94.5 Å². The molecule has 4 heteroatoms. The third-order valence-corrected chi connectivity index (χ3v) is 2.55. The number of nitrogens with zero attached hydrogens (tertiary/aromatic N) is 3. The monoisotopic (exact) mass is 217 g/mol. The molecule has 0 saturated carbocycles. The zero-order chi connectivity index (χ0) is 11.4. The van der Waals surface area contributed by atoms with Crippen LogP contribution in [0.15, 0.2) is 30.5 Å². The van der Waals surface area contributed by atoms with Crippen LogP contribution in [-0.2, 0) is 13.0 Å². The van der Waals surface area contributed by atoms with Gasteiger partial charge in [0.15, 0.2) is 0 Å². The minimum Gasteiger partial charge on any atom is -0.396 e.